The van der Waals surface area contributed by atoms with E-state index in [1.165, 1.54) is 7.11 Å². The number of aromatic amines is 1. The Labute approximate surface area is 123 Å². The lowest BCUT2D eigenvalue weighted by atomic mass is 10.3. The molecule has 12 heteroatoms. The molecule has 21 heavy (non-hydrogen) atoms. The molecule has 0 saturated heterocycles. The number of nitrogens with one attached hydrogen (secondary N) is 2. The summed E-state index contributed by atoms with van der Waals surface area (Å²) in [6.07, 6.45) is 0. The molecule has 0 aliphatic rings. The van der Waals surface area contributed by atoms with E-state index in [9.17, 15) is 18.5 Å². The van der Waals surface area contributed by atoms with Crippen LogP contribution in [0.25, 0.3) is 0 Å². The smallest absolute Gasteiger partial charge is 0.336 e. The van der Waals surface area contributed by atoms with Gasteiger partial charge in [-0.2, -0.15) is 4.98 Å². The Bertz CT molecular complexity index is 790. The van der Waals surface area contributed by atoms with E-state index in [0.717, 1.165) is 18.2 Å². The van der Waals surface area contributed by atoms with E-state index in [0.29, 0.717) is 0 Å². The Kier molecular flexibility index (Phi) is 3.95. The van der Waals surface area contributed by atoms with Gasteiger partial charge in [-0.1, -0.05) is 11.6 Å². The Morgan fingerprint density at radius 3 is 2.76 bits per heavy atom. The average Bonchev–Trinajstić information content (AvgIpc) is 2.85. The van der Waals surface area contributed by atoms with E-state index >= 15 is 0 Å². The first-order valence-electron chi connectivity index (χ1n) is 5.26. The summed E-state index contributed by atoms with van der Waals surface area (Å²) < 4.78 is 30.9. The number of aromatic nitrogens is 3. The second-order valence-electron chi connectivity index (χ2n) is 3.65. The predicted molar refractivity (Wildman–Crippen MR) is 71.8 cm³/mol. The van der Waals surface area contributed by atoms with E-state index in [-0.39, 0.29) is 21.9 Å². The summed E-state index contributed by atoms with van der Waals surface area (Å²) in [5, 5.41) is 16.4. The molecule has 1 aromatic heterocycles. The molecule has 0 fully saturated rings. The van der Waals surface area contributed by atoms with Crippen molar-refractivity contribution in [3.63, 3.8) is 0 Å². The highest BCUT2D eigenvalue weighted by molar-refractivity contribution is 7.92. The second kappa shape index (κ2) is 5.54. The molecule has 10 nitrogen and oxygen atoms in total. The molecule has 0 aliphatic carbocycles. The molecular formula is C9H8ClN5O5S. The first-order valence-corrected chi connectivity index (χ1v) is 7.13. The highest BCUT2D eigenvalue weighted by Gasteiger charge is 2.22. The quantitative estimate of drug-likeness (QED) is 0.618. The molecule has 2 aromatic rings. The number of ether oxygens (including phenoxy) is 1. The van der Waals surface area contributed by atoms with Crippen LogP contribution in [0.5, 0.6) is 6.01 Å². The third-order valence-electron chi connectivity index (χ3n) is 2.30. The first-order chi connectivity index (χ1) is 9.83. The van der Waals surface area contributed by atoms with Gasteiger partial charge >= 0.3 is 6.01 Å². The summed E-state index contributed by atoms with van der Waals surface area (Å²) in [5.41, 5.74) is -0.519. The van der Waals surface area contributed by atoms with Gasteiger partial charge in [0, 0.05) is 6.07 Å². The van der Waals surface area contributed by atoms with Gasteiger partial charge in [-0.05, 0) is 12.1 Å². The minimum absolute atomic E-state index is 0.0604. The SMILES string of the molecule is COc1n[nH]c(NS(=O)(=O)c2ccc(Cl)c([N+](=O)[O-])c2)n1. The number of rotatable bonds is 5. The number of H-pyrrole nitrogens is 1. The van der Waals surface area contributed by atoms with Crippen LogP contribution in [-0.4, -0.2) is 35.6 Å². The van der Waals surface area contributed by atoms with Crippen LogP contribution < -0.4 is 9.46 Å². The number of benzene rings is 1. The second-order valence-corrected chi connectivity index (χ2v) is 5.74. The number of nitrogens with zero attached hydrogens (tertiary/aromatic N) is 3. The van der Waals surface area contributed by atoms with Crippen molar-refractivity contribution in [1.82, 2.24) is 15.2 Å². The Hall–Kier alpha value is -2.40. The maximum Gasteiger partial charge on any atom is 0.336 e. The van der Waals surface area contributed by atoms with E-state index in [2.05, 4.69) is 24.6 Å². The average molecular weight is 334 g/mol. The third kappa shape index (κ3) is 3.20. The molecule has 0 bridgehead atoms. The van der Waals surface area contributed by atoms with Gasteiger partial charge < -0.3 is 4.74 Å². The normalized spacial score (nSPS) is 11.1. The molecular weight excluding hydrogens is 326 g/mol. The van der Waals surface area contributed by atoms with Gasteiger partial charge in [-0.3, -0.25) is 10.1 Å². The summed E-state index contributed by atoms with van der Waals surface area (Å²) in [6, 6.07) is 3.04. The number of sulfonamides is 1. The van der Waals surface area contributed by atoms with Gasteiger partial charge in [0.2, 0.25) is 5.95 Å². The van der Waals surface area contributed by atoms with Crippen molar-refractivity contribution in [2.24, 2.45) is 0 Å². The molecule has 0 saturated carbocycles. The highest BCUT2D eigenvalue weighted by atomic mass is 35.5. The van der Waals surface area contributed by atoms with Crippen molar-refractivity contribution in [3.8, 4) is 6.01 Å². The van der Waals surface area contributed by atoms with Crippen LogP contribution in [0.2, 0.25) is 5.02 Å². The molecule has 0 radical (unpaired) electrons. The van der Waals surface area contributed by atoms with Crippen LogP contribution in [-0.2, 0) is 10.0 Å². The maximum atomic E-state index is 12.1. The summed E-state index contributed by atoms with van der Waals surface area (Å²) in [6.45, 7) is 0. The number of hydrogen-bond donors (Lipinski definition) is 2. The van der Waals surface area contributed by atoms with Crippen LogP contribution in [0.4, 0.5) is 11.6 Å². The molecule has 1 aromatic carbocycles. The summed E-state index contributed by atoms with van der Waals surface area (Å²) in [4.78, 5) is 13.3. The Balaban J connectivity index is 2.35. The number of nitro benzene ring substituents is 1. The minimum atomic E-state index is -4.08. The van der Waals surface area contributed by atoms with Gasteiger partial charge in [0.15, 0.2) is 0 Å². The lowest BCUT2D eigenvalue weighted by Gasteiger charge is -2.05. The number of anilines is 1. The largest absolute Gasteiger partial charge is 0.466 e. The van der Waals surface area contributed by atoms with E-state index in [1.54, 1.807) is 0 Å². The van der Waals surface area contributed by atoms with Crippen molar-refractivity contribution >= 4 is 33.3 Å². The molecule has 0 unspecified atom stereocenters. The van der Waals surface area contributed by atoms with Gasteiger partial charge in [-0.15, -0.1) is 5.10 Å². The zero-order valence-electron chi connectivity index (χ0n) is 10.4. The van der Waals surface area contributed by atoms with Gasteiger partial charge in [0.05, 0.1) is 16.9 Å². The predicted octanol–water partition coefficient (Wildman–Crippen LogP) is 1.18. The van der Waals surface area contributed by atoms with Crippen LogP contribution in [0.1, 0.15) is 0 Å². The van der Waals surface area contributed by atoms with E-state index < -0.39 is 20.6 Å². The van der Waals surface area contributed by atoms with Crippen molar-refractivity contribution < 1.29 is 18.1 Å². The summed E-state index contributed by atoms with van der Waals surface area (Å²) >= 11 is 5.62. The van der Waals surface area contributed by atoms with E-state index in [4.69, 9.17) is 11.6 Å². The highest BCUT2D eigenvalue weighted by Crippen LogP contribution is 2.27. The van der Waals surface area contributed by atoms with Gasteiger partial charge in [0.25, 0.3) is 15.7 Å². The minimum Gasteiger partial charge on any atom is -0.466 e. The third-order valence-corrected chi connectivity index (χ3v) is 3.96. The molecule has 1 heterocycles. The number of methoxy groups -OCH3 is 1. The van der Waals surface area contributed by atoms with Crippen molar-refractivity contribution in [1.29, 1.82) is 0 Å². The lowest BCUT2D eigenvalue weighted by molar-refractivity contribution is -0.384. The fraction of sp³-hybridized carbons (Fsp3) is 0.111. The summed E-state index contributed by atoms with van der Waals surface area (Å²) in [7, 11) is -2.77. The standard InChI is InChI=1S/C9H8ClN5O5S/c1-20-9-11-8(12-13-9)14-21(18,19)5-2-3-6(10)7(4-5)15(16)17/h2-4H,1H3,(H2,11,12,13,14). The number of halogens is 1. The van der Waals surface area contributed by atoms with Crippen molar-refractivity contribution in [2.45, 2.75) is 4.90 Å². The van der Waals surface area contributed by atoms with Gasteiger partial charge in [-0.25, -0.2) is 18.2 Å². The van der Waals surface area contributed by atoms with Gasteiger partial charge in [0.1, 0.15) is 5.02 Å². The molecule has 2 rings (SSSR count). The lowest BCUT2D eigenvalue weighted by Crippen LogP contribution is -2.14. The summed E-state index contributed by atoms with van der Waals surface area (Å²) in [5.74, 6) is -0.190. The van der Waals surface area contributed by atoms with Crippen LogP contribution in [0.3, 0.4) is 0 Å². The molecule has 0 amide bonds. The molecule has 112 valence electrons. The monoisotopic (exact) mass is 333 g/mol. The Morgan fingerprint density at radius 2 is 2.19 bits per heavy atom. The zero-order chi connectivity index (χ0) is 15.6. The van der Waals surface area contributed by atoms with Crippen molar-refractivity contribution in [3.05, 3.63) is 33.3 Å². The fourth-order valence-electron chi connectivity index (χ4n) is 1.37. The molecule has 0 atom stereocenters. The molecule has 0 aliphatic heterocycles. The van der Waals surface area contributed by atoms with Crippen molar-refractivity contribution in [2.75, 3.05) is 11.8 Å². The van der Waals surface area contributed by atoms with Crippen LogP contribution in [0.15, 0.2) is 23.1 Å². The number of nitro groups is 1. The Morgan fingerprint density at radius 1 is 1.48 bits per heavy atom. The van der Waals surface area contributed by atoms with Crippen LogP contribution in [0, 0.1) is 10.1 Å². The first kappa shape index (κ1) is 15.0. The topological polar surface area (TPSA) is 140 Å². The van der Waals surface area contributed by atoms with E-state index in [1.807, 2.05) is 0 Å². The number of hydrogen-bond acceptors (Lipinski definition) is 7. The zero-order valence-corrected chi connectivity index (χ0v) is 12.0. The molecule has 0 spiro atoms. The maximum absolute atomic E-state index is 12.1. The molecule has 2 N–H and O–H groups in total. The fourth-order valence-corrected chi connectivity index (χ4v) is 2.53. The van der Waals surface area contributed by atoms with Crippen LogP contribution >= 0.6 is 11.6 Å².